The molecule has 3 atom stereocenters. The summed E-state index contributed by atoms with van der Waals surface area (Å²) < 4.78 is 39.3. The topological polar surface area (TPSA) is 38.7 Å². The fourth-order valence-electron chi connectivity index (χ4n) is 3.02. The Morgan fingerprint density at radius 2 is 1.96 bits per heavy atom. The van der Waals surface area contributed by atoms with Crippen LogP contribution < -0.4 is 4.74 Å². The van der Waals surface area contributed by atoms with Crippen molar-refractivity contribution in [2.75, 3.05) is 6.61 Å². The van der Waals surface area contributed by atoms with E-state index in [1.807, 2.05) is 0 Å². The predicted octanol–water partition coefficient (Wildman–Crippen LogP) is 4.52. The third-order valence-corrected chi connectivity index (χ3v) is 4.29. The zero-order valence-electron chi connectivity index (χ0n) is 13.9. The number of unbranched alkanes of at least 4 members (excludes halogenated alkanes) is 2. The van der Waals surface area contributed by atoms with Crippen molar-refractivity contribution in [2.45, 2.75) is 70.7 Å². The molecule has 0 radical (unpaired) electrons. The molecule has 1 N–H and O–H groups in total. The van der Waals surface area contributed by atoms with Crippen LogP contribution in [0.25, 0.3) is 0 Å². The second-order valence-corrected chi connectivity index (χ2v) is 6.03. The molecule has 0 amide bonds. The first-order valence-corrected chi connectivity index (χ1v) is 8.52. The van der Waals surface area contributed by atoms with Crippen LogP contribution in [0.4, 0.5) is 8.78 Å². The number of halogens is 2. The number of benzene rings is 1. The van der Waals surface area contributed by atoms with E-state index >= 15 is 0 Å². The Labute approximate surface area is 136 Å². The molecule has 3 unspecified atom stereocenters. The smallest absolute Gasteiger partial charge is 0.200 e. The number of aliphatic hydroxyl groups excluding tert-OH is 1. The van der Waals surface area contributed by atoms with Crippen molar-refractivity contribution in [3.63, 3.8) is 0 Å². The normalized spacial score (nSPS) is 24.7. The molecule has 0 bridgehead atoms. The quantitative estimate of drug-likeness (QED) is 0.748. The summed E-state index contributed by atoms with van der Waals surface area (Å²) in [6, 6.07) is 2.85. The first-order chi connectivity index (χ1) is 11.1. The maximum absolute atomic E-state index is 14.3. The Kier molecular flexibility index (Phi) is 6.78. The van der Waals surface area contributed by atoms with E-state index in [1.54, 1.807) is 6.92 Å². The van der Waals surface area contributed by atoms with Crippen molar-refractivity contribution in [1.82, 2.24) is 0 Å². The monoisotopic (exact) mass is 328 g/mol. The van der Waals surface area contributed by atoms with Gasteiger partial charge >= 0.3 is 0 Å². The summed E-state index contributed by atoms with van der Waals surface area (Å²) in [7, 11) is 0. The van der Waals surface area contributed by atoms with Gasteiger partial charge in [-0.15, -0.1) is 0 Å². The van der Waals surface area contributed by atoms with E-state index in [4.69, 9.17) is 9.47 Å². The van der Waals surface area contributed by atoms with Crippen molar-refractivity contribution in [1.29, 1.82) is 0 Å². The summed E-state index contributed by atoms with van der Waals surface area (Å²) >= 11 is 0. The molecule has 2 rings (SSSR count). The number of hydrogen-bond acceptors (Lipinski definition) is 3. The van der Waals surface area contributed by atoms with Gasteiger partial charge in [0.2, 0.25) is 5.82 Å². The Hall–Kier alpha value is -1.20. The first-order valence-electron chi connectivity index (χ1n) is 8.52. The van der Waals surface area contributed by atoms with Crippen LogP contribution in [-0.2, 0) is 4.74 Å². The summed E-state index contributed by atoms with van der Waals surface area (Å²) in [5, 5.41) is 10.2. The van der Waals surface area contributed by atoms with Crippen LogP contribution in [0.2, 0.25) is 0 Å². The Morgan fingerprint density at radius 1 is 1.17 bits per heavy atom. The van der Waals surface area contributed by atoms with Crippen molar-refractivity contribution < 1.29 is 23.4 Å². The molecule has 0 aliphatic carbocycles. The molecule has 1 heterocycles. The lowest BCUT2D eigenvalue weighted by Crippen LogP contribution is -2.33. The Morgan fingerprint density at radius 3 is 2.65 bits per heavy atom. The molecule has 0 saturated carbocycles. The van der Waals surface area contributed by atoms with Crippen LogP contribution >= 0.6 is 0 Å². The highest BCUT2D eigenvalue weighted by molar-refractivity contribution is 5.33. The predicted molar refractivity (Wildman–Crippen MR) is 84.5 cm³/mol. The van der Waals surface area contributed by atoms with Crippen molar-refractivity contribution in [2.24, 2.45) is 0 Å². The average molecular weight is 328 g/mol. The van der Waals surface area contributed by atoms with E-state index in [0.29, 0.717) is 6.42 Å². The second kappa shape index (κ2) is 8.60. The summed E-state index contributed by atoms with van der Waals surface area (Å²) in [6.07, 6.45) is 3.82. The van der Waals surface area contributed by atoms with Gasteiger partial charge in [-0.1, -0.05) is 26.2 Å². The second-order valence-electron chi connectivity index (χ2n) is 6.03. The average Bonchev–Trinajstić information content (AvgIpc) is 2.54. The summed E-state index contributed by atoms with van der Waals surface area (Å²) in [4.78, 5) is 0. The van der Waals surface area contributed by atoms with E-state index in [0.717, 1.165) is 32.1 Å². The first kappa shape index (κ1) is 18.1. The van der Waals surface area contributed by atoms with E-state index in [2.05, 4.69) is 6.92 Å². The van der Waals surface area contributed by atoms with Crippen LogP contribution in [0.5, 0.6) is 5.75 Å². The van der Waals surface area contributed by atoms with E-state index in [1.165, 1.54) is 12.1 Å². The lowest BCUT2D eigenvalue weighted by molar-refractivity contribution is -0.123. The molecule has 0 aromatic heterocycles. The minimum Gasteiger partial charge on any atom is -0.491 e. The highest BCUT2D eigenvalue weighted by Gasteiger charge is 2.33. The van der Waals surface area contributed by atoms with Gasteiger partial charge in [0.15, 0.2) is 11.6 Å². The fourth-order valence-corrected chi connectivity index (χ4v) is 3.02. The summed E-state index contributed by atoms with van der Waals surface area (Å²) in [6.45, 7) is 4.10. The van der Waals surface area contributed by atoms with E-state index in [-0.39, 0.29) is 24.0 Å². The molecular formula is C18H26F2O3. The standard InChI is InChI=1S/C18H26F2O3/c1-3-5-6-7-12-8-10-14(21)18(23-12)13-9-11-15(22-4-2)17(20)16(13)19/h9,11-12,14,18,21H,3-8,10H2,1-2H3. The van der Waals surface area contributed by atoms with Crippen LogP contribution in [0.15, 0.2) is 12.1 Å². The van der Waals surface area contributed by atoms with Crippen molar-refractivity contribution in [3.8, 4) is 5.75 Å². The van der Waals surface area contributed by atoms with Gasteiger partial charge in [0.1, 0.15) is 6.10 Å². The maximum Gasteiger partial charge on any atom is 0.200 e. The molecule has 0 spiro atoms. The Balaban J connectivity index is 2.13. The van der Waals surface area contributed by atoms with Gasteiger partial charge in [0.05, 0.1) is 18.8 Å². The molecule has 130 valence electrons. The third kappa shape index (κ3) is 4.42. The van der Waals surface area contributed by atoms with Gasteiger partial charge in [-0.3, -0.25) is 0 Å². The number of rotatable bonds is 7. The number of aliphatic hydroxyl groups is 1. The molecule has 23 heavy (non-hydrogen) atoms. The van der Waals surface area contributed by atoms with E-state index in [9.17, 15) is 13.9 Å². The third-order valence-electron chi connectivity index (χ3n) is 4.29. The zero-order chi connectivity index (χ0) is 16.8. The largest absolute Gasteiger partial charge is 0.491 e. The molecule has 1 fully saturated rings. The highest BCUT2D eigenvalue weighted by Crippen LogP contribution is 2.36. The van der Waals surface area contributed by atoms with Crippen LogP contribution in [0.1, 0.15) is 64.0 Å². The molecule has 1 aromatic rings. The number of ether oxygens (including phenoxy) is 2. The van der Waals surface area contributed by atoms with Gasteiger partial charge in [-0.25, -0.2) is 4.39 Å². The molecule has 5 heteroatoms. The Bertz CT molecular complexity index is 507. The van der Waals surface area contributed by atoms with Crippen molar-refractivity contribution in [3.05, 3.63) is 29.3 Å². The lowest BCUT2D eigenvalue weighted by Gasteiger charge is -2.34. The molecule has 1 aliphatic heterocycles. The maximum atomic E-state index is 14.3. The zero-order valence-corrected chi connectivity index (χ0v) is 13.9. The van der Waals surface area contributed by atoms with Gasteiger partial charge < -0.3 is 14.6 Å². The lowest BCUT2D eigenvalue weighted by atomic mass is 9.93. The highest BCUT2D eigenvalue weighted by atomic mass is 19.2. The van der Waals surface area contributed by atoms with Gasteiger partial charge in [0, 0.05) is 5.56 Å². The van der Waals surface area contributed by atoms with Crippen LogP contribution in [-0.4, -0.2) is 23.9 Å². The molecule has 1 saturated heterocycles. The minimum atomic E-state index is -1.02. The molecular weight excluding hydrogens is 302 g/mol. The van der Waals surface area contributed by atoms with Gasteiger partial charge in [-0.05, 0) is 38.3 Å². The van der Waals surface area contributed by atoms with Gasteiger partial charge in [0.25, 0.3) is 0 Å². The molecule has 1 aliphatic rings. The van der Waals surface area contributed by atoms with Crippen LogP contribution in [0, 0.1) is 11.6 Å². The van der Waals surface area contributed by atoms with Crippen LogP contribution in [0.3, 0.4) is 0 Å². The van der Waals surface area contributed by atoms with Crippen molar-refractivity contribution >= 4 is 0 Å². The molecule has 1 aromatic carbocycles. The SMILES string of the molecule is CCCCCC1CCC(O)C(c2ccc(OCC)c(F)c2F)O1. The fraction of sp³-hybridized carbons (Fsp3) is 0.667. The summed E-state index contributed by atoms with van der Waals surface area (Å²) in [5.41, 5.74) is 0.0682. The minimum absolute atomic E-state index is 0.0102. The van der Waals surface area contributed by atoms with Gasteiger partial charge in [-0.2, -0.15) is 4.39 Å². The summed E-state index contributed by atoms with van der Waals surface area (Å²) in [5.74, 6) is -2.12. The van der Waals surface area contributed by atoms with E-state index < -0.39 is 23.8 Å². The molecule has 3 nitrogen and oxygen atoms in total. The number of hydrogen-bond donors (Lipinski definition) is 1.